The maximum atomic E-state index is 10.7. The van der Waals surface area contributed by atoms with Gasteiger partial charge in [0.15, 0.2) is 5.76 Å². The monoisotopic (exact) mass is 215 g/mol. The van der Waals surface area contributed by atoms with E-state index in [0.717, 1.165) is 12.8 Å². The summed E-state index contributed by atoms with van der Waals surface area (Å²) in [6, 6.07) is 1.69. The highest BCUT2D eigenvalue weighted by Crippen LogP contribution is 2.18. The second-order valence-electron chi connectivity index (χ2n) is 3.09. The highest BCUT2D eigenvalue weighted by Gasteiger charge is 2.10. The van der Waals surface area contributed by atoms with Crippen LogP contribution in [0.4, 0.5) is 0 Å². The third-order valence-corrected chi connectivity index (χ3v) is 2.24. The van der Waals surface area contributed by atoms with E-state index in [2.05, 4.69) is 0 Å². The van der Waals surface area contributed by atoms with Crippen molar-refractivity contribution in [1.82, 2.24) is 0 Å². The molecular weight excluding hydrogens is 204 g/mol. The second-order valence-corrected chi connectivity index (χ2v) is 3.36. The van der Waals surface area contributed by atoms with Crippen LogP contribution >= 0.6 is 11.6 Å². The number of carboxylic acid groups (broad SMARTS) is 1. The molecule has 78 valence electrons. The Labute approximate surface area is 87.7 Å². The van der Waals surface area contributed by atoms with Gasteiger partial charge in [0.25, 0.3) is 0 Å². The van der Waals surface area contributed by atoms with Gasteiger partial charge in [-0.05, 0) is 18.9 Å². The van der Waals surface area contributed by atoms with E-state index >= 15 is 0 Å². The van der Waals surface area contributed by atoms with E-state index in [0.29, 0.717) is 17.7 Å². The number of aryl methyl sites for hydroxylation is 1. The summed E-state index contributed by atoms with van der Waals surface area (Å²) in [7, 11) is 0. The first-order valence-electron chi connectivity index (χ1n) is 4.58. The Bertz CT molecular complexity index is 317. The molecule has 0 saturated carbocycles. The molecule has 0 fully saturated rings. The molecule has 0 saturated heterocycles. The topological polar surface area (TPSA) is 53.3 Å². The Hall–Kier alpha value is -0.960. The van der Waals surface area contributed by atoms with Gasteiger partial charge in [-0.25, -0.2) is 0 Å². The maximum Gasteiger partial charge on any atom is 0.152 e. The Morgan fingerprint density at radius 2 is 2.36 bits per heavy atom. The predicted octanol–water partition coefficient (Wildman–Crippen LogP) is 1.72. The number of alkyl halides is 1. The van der Waals surface area contributed by atoms with Gasteiger partial charge in [-0.1, -0.05) is 13.3 Å². The van der Waals surface area contributed by atoms with Gasteiger partial charge in [-0.15, -0.1) is 11.6 Å². The van der Waals surface area contributed by atoms with Crippen LogP contribution in [-0.2, 0) is 12.3 Å². The summed E-state index contributed by atoms with van der Waals surface area (Å²) in [4.78, 5) is 10.7. The largest absolute Gasteiger partial charge is 0.542 e. The van der Waals surface area contributed by atoms with Gasteiger partial charge >= 0.3 is 0 Å². The maximum absolute atomic E-state index is 10.7. The summed E-state index contributed by atoms with van der Waals surface area (Å²) < 4.78 is 5.03. The van der Waals surface area contributed by atoms with E-state index in [1.165, 1.54) is 0 Å². The third-order valence-electron chi connectivity index (χ3n) is 1.98. The van der Waals surface area contributed by atoms with Crippen molar-refractivity contribution >= 4 is 17.6 Å². The van der Waals surface area contributed by atoms with Crippen LogP contribution in [0, 0.1) is 0 Å². The zero-order valence-electron chi connectivity index (χ0n) is 8.01. The lowest BCUT2D eigenvalue weighted by atomic mass is 10.1. The fraction of sp³-hybridized carbons (Fsp3) is 0.500. The van der Waals surface area contributed by atoms with Crippen molar-refractivity contribution in [2.45, 2.75) is 32.1 Å². The van der Waals surface area contributed by atoms with Crippen LogP contribution in [0.25, 0.3) is 0 Å². The minimum absolute atomic E-state index is 0.0749. The van der Waals surface area contributed by atoms with Crippen molar-refractivity contribution in [3.8, 4) is 0 Å². The SMILES string of the molecule is CCCCc1cc(CCl)oc1C(=O)[O-]. The highest BCUT2D eigenvalue weighted by molar-refractivity contribution is 6.16. The highest BCUT2D eigenvalue weighted by atomic mass is 35.5. The second kappa shape index (κ2) is 5.05. The molecule has 0 aliphatic rings. The fourth-order valence-corrected chi connectivity index (χ4v) is 1.41. The van der Waals surface area contributed by atoms with Crippen molar-refractivity contribution in [2.24, 2.45) is 0 Å². The summed E-state index contributed by atoms with van der Waals surface area (Å²) in [6.45, 7) is 2.04. The summed E-state index contributed by atoms with van der Waals surface area (Å²) in [5.41, 5.74) is 0.683. The Morgan fingerprint density at radius 3 is 2.86 bits per heavy atom. The van der Waals surface area contributed by atoms with Crippen molar-refractivity contribution in [1.29, 1.82) is 0 Å². The minimum Gasteiger partial charge on any atom is -0.542 e. The van der Waals surface area contributed by atoms with Crippen LogP contribution in [0.15, 0.2) is 10.5 Å². The van der Waals surface area contributed by atoms with E-state index in [9.17, 15) is 9.90 Å². The molecule has 1 heterocycles. The summed E-state index contributed by atoms with van der Waals surface area (Å²) in [6.07, 6.45) is 2.63. The molecule has 14 heavy (non-hydrogen) atoms. The normalized spacial score (nSPS) is 10.4. The number of furan rings is 1. The number of unbranched alkanes of at least 4 members (excludes halogenated alkanes) is 1. The molecule has 0 atom stereocenters. The summed E-state index contributed by atoms with van der Waals surface area (Å²) in [5.74, 6) is -0.676. The first-order valence-corrected chi connectivity index (χ1v) is 5.11. The molecule has 1 rings (SSSR count). The average Bonchev–Trinajstić information content (AvgIpc) is 2.58. The first kappa shape index (κ1) is 11.1. The quantitative estimate of drug-likeness (QED) is 0.703. The van der Waals surface area contributed by atoms with Crippen LogP contribution < -0.4 is 5.11 Å². The van der Waals surface area contributed by atoms with Gasteiger partial charge in [0.1, 0.15) is 11.7 Å². The molecule has 1 aromatic rings. The molecule has 4 heteroatoms. The van der Waals surface area contributed by atoms with E-state index in [4.69, 9.17) is 16.0 Å². The van der Waals surface area contributed by atoms with Crippen molar-refractivity contribution in [3.05, 3.63) is 23.2 Å². The molecule has 0 aliphatic heterocycles. The van der Waals surface area contributed by atoms with Gasteiger partial charge in [0, 0.05) is 5.56 Å². The van der Waals surface area contributed by atoms with Crippen LogP contribution in [0.1, 0.15) is 41.6 Å². The molecule has 0 aromatic carbocycles. The number of halogens is 1. The number of hydrogen-bond donors (Lipinski definition) is 0. The lowest BCUT2D eigenvalue weighted by Gasteiger charge is -2.01. The minimum atomic E-state index is -1.27. The zero-order valence-corrected chi connectivity index (χ0v) is 8.76. The summed E-state index contributed by atoms with van der Waals surface area (Å²) in [5, 5.41) is 10.7. The number of aromatic carboxylic acids is 1. The van der Waals surface area contributed by atoms with Gasteiger partial charge in [0.2, 0.25) is 0 Å². The molecule has 0 amide bonds. The van der Waals surface area contributed by atoms with Crippen LogP contribution in [0.5, 0.6) is 0 Å². The number of carbonyl (C=O) groups excluding carboxylic acids is 1. The molecule has 0 radical (unpaired) electrons. The Morgan fingerprint density at radius 1 is 1.64 bits per heavy atom. The zero-order chi connectivity index (χ0) is 10.6. The summed E-state index contributed by atoms with van der Waals surface area (Å²) >= 11 is 5.54. The van der Waals surface area contributed by atoms with Gasteiger partial charge in [0.05, 0.1) is 5.88 Å². The molecule has 3 nitrogen and oxygen atoms in total. The predicted molar refractivity (Wildman–Crippen MR) is 51.2 cm³/mol. The van der Waals surface area contributed by atoms with E-state index in [1.807, 2.05) is 6.92 Å². The number of carbonyl (C=O) groups is 1. The first-order chi connectivity index (χ1) is 6.69. The standard InChI is InChI=1S/C10H13ClO3/c1-2-3-4-7-5-8(6-11)14-9(7)10(12)13/h5H,2-4,6H2,1H3,(H,12,13)/p-1. The van der Waals surface area contributed by atoms with E-state index in [-0.39, 0.29) is 11.6 Å². The van der Waals surface area contributed by atoms with Crippen molar-refractivity contribution in [3.63, 3.8) is 0 Å². The average molecular weight is 216 g/mol. The molecular formula is C10H12ClO3-. The smallest absolute Gasteiger partial charge is 0.152 e. The van der Waals surface area contributed by atoms with E-state index in [1.54, 1.807) is 6.07 Å². The van der Waals surface area contributed by atoms with Gasteiger partial charge in [-0.3, -0.25) is 0 Å². The molecule has 0 N–H and O–H groups in total. The number of carboxylic acids is 1. The molecule has 0 unspecified atom stereocenters. The van der Waals surface area contributed by atoms with Crippen molar-refractivity contribution < 1.29 is 14.3 Å². The third kappa shape index (κ3) is 2.51. The van der Waals surface area contributed by atoms with Crippen LogP contribution in [0.2, 0.25) is 0 Å². The Kier molecular flexibility index (Phi) is 4.01. The van der Waals surface area contributed by atoms with Crippen molar-refractivity contribution in [2.75, 3.05) is 0 Å². The lowest BCUT2D eigenvalue weighted by Crippen LogP contribution is -2.22. The molecule has 0 spiro atoms. The number of rotatable bonds is 5. The van der Waals surface area contributed by atoms with Gasteiger partial charge in [-0.2, -0.15) is 0 Å². The van der Waals surface area contributed by atoms with Gasteiger partial charge < -0.3 is 14.3 Å². The van der Waals surface area contributed by atoms with Crippen LogP contribution in [-0.4, -0.2) is 5.97 Å². The van der Waals surface area contributed by atoms with E-state index < -0.39 is 5.97 Å². The lowest BCUT2D eigenvalue weighted by molar-refractivity contribution is -0.257. The number of hydrogen-bond acceptors (Lipinski definition) is 3. The molecule has 1 aromatic heterocycles. The Balaban J connectivity index is 2.88. The van der Waals surface area contributed by atoms with Crippen LogP contribution in [0.3, 0.4) is 0 Å². The molecule has 0 aliphatic carbocycles. The molecule has 0 bridgehead atoms. The fourth-order valence-electron chi connectivity index (χ4n) is 1.28.